The summed E-state index contributed by atoms with van der Waals surface area (Å²) < 4.78 is 0. The highest BCUT2D eigenvalue weighted by molar-refractivity contribution is 4.94. The third-order valence-corrected chi connectivity index (χ3v) is 1.87. The van der Waals surface area contributed by atoms with E-state index in [-0.39, 0.29) is 0 Å². The third-order valence-electron chi connectivity index (χ3n) is 1.87. The van der Waals surface area contributed by atoms with Crippen LogP contribution >= 0.6 is 0 Å². The Morgan fingerprint density at radius 2 is 2.25 bits per heavy atom. The second-order valence-corrected chi connectivity index (χ2v) is 2.92. The standard InChI is InChI=1S/C10H20N2/c1-5-6-7-10(2)12(4)9-8-11-3/h5,11H,1-2,6-9H2,3-4H3. The van der Waals surface area contributed by atoms with Crippen LogP contribution in [0.3, 0.4) is 0 Å². The van der Waals surface area contributed by atoms with Gasteiger partial charge in [0.2, 0.25) is 0 Å². The van der Waals surface area contributed by atoms with Crippen molar-refractivity contribution in [1.82, 2.24) is 10.2 Å². The van der Waals surface area contributed by atoms with Crippen LogP contribution in [0, 0.1) is 0 Å². The van der Waals surface area contributed by atoms with Gasteiger partial charge in [0.05, 0.1) is 0 Å². The van der Waals surface area contributed by atoms with Gasteiger partial charge in [-0.1, -0.05) is 12.7 Å². The summed E-state index contributed by atoms with van der Waals surface area (Å²) in [5.74, 6) is 0. The van der Waals surface area contributed by atoms with Crippen LogP contribution in [0.1, 0.15) is 12.8 Å². The van der Waals surface area contributed by atoms with Crippen LogP contribution < -0.4 is 5.32 Å². The van der Waals surface area contributed by atoms with Gasteiger partial charge in [0.1, 0.15) is 0 Å². The summed E-state index contributed by atoms with van der Waals surface area (Å²) in [6, 6.07) is 0. The van der Waals surface area contributed by atoms with Gasteiger partial charge in [0.25, 0.3) is 0 Å². The molecule has 0 amide bonds. The molecule has 1 N–H and O–H groups in total. The highest BCUT2D eigenvalue weighted by Gasteiger charge is 1.98. The smallest absolute Gasteiger partial charge is 0.0296 e. The van der Waals surface area contributed by atoms with E-state index < -0.39 is 0 Å². The average molecular weight is 168 g/mol. The zero-order chi connectivity index (χ0) is 9.40. The first kappa shape index (κ1) is 11.2. The number of likely N-dealkylation sites (N-methyl/N-ethyl adjacent to an activating group) is 2. The summed E-state index contributed by atoms with van der Waals surface area (Å²) >= 11 is 0. The minimum atomic E-state index is 1.00. The van der Waals surface area contributed by atoms with E-state index in [1.165, 1.54) is 5.70 Å². The lowest BCUT2D eigenvalue weighted by Crippen LogP contribution is -2.26. The monoisotopic (exact) mass is 168 g/mol. The van der Waals surface area contributed by atoms with Gasteiger partial charge in [0, 0.05) is 25.8 Å². The third kappa shape index (κ3) is 4.97. The molecule has 0 aromatic heterocycles. The molecule has 2 nitrogen and oxygen atoms in total. The van der Waals surface area contributed by atoms with Gasteiger partial charge in [-0.25, -0.2) is 0 Å². The first-order chi connectivity index (χ1) is 5.72. The van der Waals surface area contributed by atoms with E-state index in [9.17, 15) is 0 Å². The van der Waals surface area contributed by atoms with Crippen molar-refractivity contribution in [3.05, 3.63) is 24.9 Å². The molecule has 0 spiro atoms. The molecule has 0 aliphatic carbocycles. The molecule has 0 aromatic rings. The zero-order valence-electron chi connectivity index (χ0n) is 8.27. The number of hydrogen-bond donors (Lipinski definition) is 1. The molecule has 2 heteroatoms. The summed E-state index contributed by atoms with van der Waals surface area (Å²) in [6.07, 6.45) is 3.96. The normalized spacial score (nSPS) is 9.50. The Labute approximate surface area is 76.0 Å². The predicted molar refractivity (Wildman–Crippen MR) is 55.1 cm³/mol. The first-order valence-corrected chi connectivity index (χ1v) is 4.36. The Bertz CT molecular complexity index is 141. The van der Waals surface area contributed by atoms with Gasteiger partial charge in [-0.3, -0.25) is 0 Å². The van der Waals surface area contributed by atoms with Crippen molar-refractivity contribution >= 4 is 0 Å². The van der Waals surface area contributed by atoms with Crippen LogP contribution in [0.4, 0.5) is 0 Å². The Kier molecular flexibility index (Phi) is 6.48. The minimum absolute atomic E-state index is 1.00. The number of allylic oxidation sites excluding steroid dienone is 2. The molecule has 0 heterocycles. The molecule has 12 heavy (non-hydrogen) atoms. The fourth-order valence-electron chi connectivity index (χ4n) is 0.897. The molecular formula is C10H20N2. The molecular weight excluding hydrogens is 148 g/mol. The Balaban J connectivity index is 3.53. The lowest BCUT2D eigenvalue weighted by Gasteiger charge is -2.20. The Morgan fingerprint density at radius 1 is 1.58 bits per heavy atom. The van der Waals surface area contributed by atoms with Crippen molar-refractivity contribution in [2.45, 2.75) is 12.8 Å². The largest absolute Gasteiger partial charge is 0.377 e. The summed E-state index contributed by atoms with van der Waals surface area (Å²) in [4.78, 5) is 2.18. The fourth-order valence-corrected chi connectivity index (χ4v) is 0.897. The number of hydrogen-bond acceptors (Lipinski definition) is 2. The molecule has 0 saturated carbocycles. The van der Waals surface area contributed by atoms with Gasteiger partial charge < -0.3 is 10.2 Å². The van der Waals surface area contributed by atoms with Crippen molar-refractivity contribution in [2.75, 3.05) is 27.2 Å². The predicted octanol–water partition coefficient (Wildman–Crippen LogP) is 1.62. The molecule has 70 valence electrons. The van der Waals surface area contributed by atoms with Crippen molar-refractivity contribution in [2.24, 2.45) is 0 Å². The zero-order valence-corrected chi connectivity index (χ0v) is 8.27. The van der Waals surface area contributed by atoms with Crippen LogP contribution in [-0.4, -0.2) is 32.1 Å². The molecule has 0 rings (SSSR count). The van der Waals surface area contributed by atoms with Crippen LogP contribution in [0.15, 0.2) is 24.9 Å². The molecule has 0 aliphatic heterocycles. The van der Waals surface area contributed by atoms with Crippen LogP contribution in [0.2, 0.25) is 0 Å². The second-order valence-electron chi connectivity index (χ2n) is 2.92. The Morgan fingerprint density at radius 3 is 2.75 bits per heavy atom. The molecule has 0 saturated heterocycles. The van der Waals surface area contributed by atoms with E-state index in [0.717, 1.165) is 25.9 Å². The van der Waals surface area contributed by atoms with Gasteiger partial charge in [-0.2, -0.15) is 0 Å². The van der Waals surface area contributed by atoms with Crippen LogP contribution in [0.5, 0.6) is 0 Å². The number of nitrogens with zero attached hydrogens (tertiary/aromatic N) is 1. The topological polar surface area (TPSA) is 15.3 Å². The average Bonchev–Trinajstić information content (AvgIpc) is 2.10. The number of rotatable bonds is 7. The Hall–Kier alpha value is -0.760. The summed E-state index contributed by atoms with van der Waals surface area (Å²) in [5.41, 5.74) is 1.19. The second kappa shape index (κ2) is 6.92. The van der Waals surface area contributed by atoms with Crippen molar-refractivity contribution in [3.63, 3.8) is 0 Å². The number of nitrogens with one attached hydrogen (secondary N) is 1. The van der Waals surface area contributed by atoms with E-state index in [4.69, 9.17) is 0 Å². The minimum Gasteiger partial charge on any atom is -0.377 e. The van der Waals surface area contributed by atoms with Gasteiger partial charge in [0.15, 0.2) is 0 Å². The lowest BCUT2D eigenvalue weighted by molar-refractivity contribution is 0.402. The van der Waals surface area contributed by atoms with E-state index in [1.54, 1.807) is 0 Å². The first-order valence-electron chi connectivity index (χ1n) is 4.36. The van der Waals surface area contributed by atoms with Crippen molar-refractivity contribution in [3.8, 4) is 0 Å². The van der Waals surface area contributed by atoms with Crippen LogP contribution in [-0.2, 0) is 0 Å². The highest BCUT2D eigenvalue weighted by atomic mass is 15.1. The molecule has 0 radical (unpaired) electrons. The maximum absolute atomic E-state index is 4.00. The van der Waals surface area contributed by atoms with Gasteiger partial charge in [-0.15, -0.1) is 6.58 Å². The van der Waals surface area contributed by atoms with Gasteiger partial charge in [-0.05, 0) is 19.9 Å². The molecule has 0 fully saturated rings. The SMILES string of the molecule is C=CCCC(=C)N(C)CCNC. The maximum atomic E-state index is 4.00. The summed E-state index contributed by atoms with van der Waals surface area (Å²) in [7, 11) is 4.03. The van der Waals surface area contributed by atoms with E-state index in [0.29, 0.717) is 0 Å². The van der Waals surface area contributed by atoms with E-state index in [1.807, 2.05) is 13.1 Å². The fraction of sp³-hybridized carbons (Fsp3) is 0.600. The highest BCUT2D eigenvalue weighted by Crippen LogP contribution is 2.06. The van der Waals surface area contributed by atoms with Crippen molar-refractivity contribution in [1.29, 1.82) is 0 Å². The lowest BCUT2D eigenvalue weighted by atomic mass is 10.2. The van der Waals surface area contributed by atoms with Crippen LogP contribution in [0.25, 0.3) is 0 Å². The molecule has 0 atom stereocenters. The molecule has 0 aromatic carbocycles. The summed E-state index contributed by atoms with van der Waals surface area (Å²) in [6.45, 7) is 9.70. The maximum Gasteiger partial charge on any atom is 0.0296 e. The van der Waals surface area contributed by atoms with E-state index in [2.05, 4.69) is 30.4 Å². The molecule has 0 aliphatic rings. The molecule has 0 unspecified atom stereocenters. The quantitative estimate of drug-likeness (QED) is 0.581. The van der Waals surface area contributed by atoms with Gasteiger partial charge >= 0.3 is 0 Å². The molecule has 0 bridgehead atoms. The van der Waals surface area contributed by atoms with Crippen molar-refractivity contribution < 1.29 is 0 Å². The van der Waals surface area contributed by atoms with E-state index >= 15 is 0 Å². The summed E-state index contributed by atoms with van der Waals surface area (Å²) in [5, 5.41) is 3.11.